The molecule has 1 aromatic heterocycles. The van der Waals surface area contributed by atoms with E-state index in [1.165, 1.54) is 0 Å². The van der Waals surface area contributed by atoms with Gasteiger partial charge in [-0.2, -0.15) is 0 Å². The predicted molar refractivity (Wildman–Crippen MR) is 77.9 cm³/mol. The van der Waals surface area contributed by atoms with Crippen LogP contribution in [-0.2, 0) is 13.2 Å². The maximum absolute atomic E-state index is 9.26. The standard InChI is InChI=1S/C14H16ClNO2S/c1-9(2)14-16-12(8-19-14)7-18-13-4-3-11(15)5-10(13)6-17/h3-5,8-9,17H,6-7H2,1-2H3. The number of thiazole rings is 1. The topological polar surface area (TPSA) is 42.4 Å². The molecule has 2 aromatic rings. The number of rotatable bonds is 5. The normalized spacial score (nSPS) is 11.0. The summed E-state index contributed by atoms with van der Waals surface area (Å²) in [6, 6.07) is 5.22. The fraction of sp³-hybridized carbons (Fsp3) is 0.357. The van der Waals surface area contributed by atoms with Crippen molar-refractivity contribution in [3.05, 3.63) is 44.9 Å². The molecule has 0 aliphatic carbocycles. The minimum Gasteiger partial charge on any atom is -0.487 e. The number of halogens is 1. The van der Waals surface area contributed by atoms with Gasteiger partial charge in [0.1, 0.15) is 12.4 Å². The van der Waals surface area contributed by atoms with Gasteiger partial charge in [0.2, 0.25) is 0 Å². The Morgan fingerprint density at radius 3 is 2.84 bits per heavy atom. The Balaban J connectivity index is 2.05. The molecule has 0 aliphatic rings. The van der Waals surface area contributed by atoms with Crippen molar-refractivity contribution < 1.29 is 9.84 Å². The van der Waals surface area contributed by atoms with Crippen molar-refractivity contribution >= 4 is 22.9 Å². The summed E-state index contributed by atoms with van der Waals surface area (Å²) in [7, 11) is 0. The Morgan fingerprint density at radius 2 is 2.21 bits per heavy atom. The van der Waals surface area contributed by atoms with Crippen LogP contribution in [-0.4, -0.2) is 10.1 Å². The highest BCUT2D eigenvalue weighted by molar-refractivity contribution is 7.09. The molecule has 2 rings (SSSR count). The van der Waals surface area contributed by atoms with Crippen LogP contribution in [0.15, 0.2) is 23.6 Å². The molecule has 1 aromatic carbocycles. The van der Waals surface area contributed by atoms with Gasteiger partial charge in [-0.25, -0.2) is 4.98 Å². The number of ether oxygens (including phenoxy) is 1. The highest BCUT2D eigenvalue weighted by Crippen LogP contribution is 2.25. The van der Waals surface area contributed by atoms with E-state index in [0.717, 1.165) is 10.7 Å². The van der Waals surface area contributed by atoms with Crippen LogP contribution in [0.1, 0.15) is 36.0 Å². The van der Waals surface area contributed by atoms with E-state index in [-0.39, 0.29) is 6.61 Å². The van der Waals surface area contributed by atoms with Gasteiger partial charge in [0.05, 0.1) is 17.3 Å². The molecule has 5 heteroatoms. The predicted octanol–water partition coefficient (Wildman–Crippen LogP) is 3.99. The Hall–Kier alpha value is -1.10. The molecule has 1 heterocycles. The van der Waals surface area contributed by atoms with E-state index in [1.54, 1.807) is 29.5 Å². The smallest absolute Gasteiger partial charge is 0.131 e. The zero-order valence-corrected chi connectivity index (χ0v) is 12.5. The van der Waals surface area contributed by atoms with Crippen molar-refractivity contribution in [1.82, 2.24) is 4.98 Å². The van der Waals surface area contributed by atoms with Crippen LogP contribution in [0, 0.1) is 0 Å². The lowest BCUT2D eigenvalue weighted by molar-refractivity contribution is 0.257. The fourth-order valence-electron chi connectivity index (χ4n) is 1.62. The number of nitrogens with zero attached hydrogens (tertiary/aromatic N) is 1. The van der Waals surface area contributed by atoms with Crippen molar-refractivity contribution in [1.29, 1.82) is 0 Å². The zero-order valence-electron chi connectivity index (χ0n) is 10.9. The van der Waals surface area contributed by atoms with Gasteiger partial charge >= 0.3 is 0 Å². The molecule has 1 N–H and O–H groups in total. The van der Waals surface area contributed by atoms with E-state index in [1.807, 2.05) is 5.38 Å². The summed E-state index contributed by atoms with van der Waals surface area (Å²) in [5.74, 6) is 1.08. The third kappa shape index (κ3) is 3.69. The van der Waals surface area contributed by atoms with Crippen LogP contribution >= 0.6 is 22.9 Å². The van der Waals surface area contributed by atoms with Crippen molar-refractivity contribution in [2.45, 2.75) is 33.0 Å². The van der Waals surface area contributed by atoms with E-state index in [0.29, 0.717) is 28.9 Å². The van der Waals surface area contributed by atoms with E-state index >= 15 is 0 Å². The van der Waals surface area contributed by atoms with Gasteiger partial charge in [-0.1, -0.05) is 25.4 Å². The molecule has 0 saturated carbocycles. The first-order chi connectivity index (χ1) is 9.10. The van der Waals surface area contributed by atoms with Crippen molar-refractivity contribution in [3.63, 3.8) is 0 Å². The minimum absolute atomic E-state index is 0.0931. The van der Waals surface area contributed by atoms with Crippen molar-refractivity contribution in [3.8, 4) is 5.75 Å². The van der Waals surface area contributed by atoms with Gasteiger partial charge in [-0.3, -0.25) is 0 Å². The van der Waals surface area contributed by atoms with Gasteiger partial charge in [0, 0.05) is 21.9 Å². The van der Waals surface area contributed by atoms with E-state index in [2.05, 4.69) is 18.8 Å². The Morgan fingerprint density at radius 1 is 1.42 bits per heavy atom. The number of aromatic nitrogens is 1. The van der Waals surface area contributed by atoms with Crippen LogP contribution < -0.4 is 4.74 Å². The minimum atomic E-state index is -0.0931. The number of hydrogen-bond acceptors (Lipinski definition) is 4. The summed E-state index contributed by atoms with van der Waals surface area (Å²) < 4.78 is 5.69. The van der Waals surface area contributed by atoms with Crippen molar-refractivity contribution in [2.75, 3.05) is 0 Å². The number of aliphatic hydroxyl groups excluding tert-OH is 1. The first-order valence-electron chi connectivity index (χ1n) is 6.06. The van der Waals surface area contributed by atoms with Gasteiger partial charge in [0.25, 0.3) is 0 Å². The molecule has 3 nitrogen and oxygen atoms in total. The fourth-order valence-corrected chi connectivity index (χ4v) is 2.63. The Bertz CT molecular complexity index is 554. The lowest BCUT2D eigenvalue weighted by Gasteiger charge is -2.09. The molecule has 0 unspecified atom stereocenters. The molecule has 0 saturated heterocycles. The van der Waals surface area contributed by atoms with E-state index in [4.69, 9.17) is 16.3 Å². The summed E-state index contributed by atoms with van der Waals surface area (Å²) in [6.07, 6.45) is 0. The highest BCUT2D eigenvalue weighted by atomic mass is 35.5. The zero-order chi connectivity index (χ0) is 13.8. The maximum Gasteiger partial charge on any atom is 0.131 e. The average Bonchev–Trinajstić information content (AvgIpc) is 2.86. The molecule has 102 valence electrons. The molecular formula is C14H16ClNO2S. The quantitative estimate of drug-likeness (QED) is 0.907. The van der Waals surface area contributed by atoms with Gasteiger partial charge in [-0.15, -0.1) is 11.3 Å². The van der Waals surface area contributed by atoms with Gasteiger partial charge in [0.15, 0.2) is 0 Å². The summed E-state index contributed by atoms with van der Waals surface area (Å²) in [4.78, 5) is 4.50. The van der Waals surface area contributed by atoms with Crippen LogP contribution in [0.5, 0.6) is 5.75 Å². The van der Waals surface area contributed by atoms with Crippen LogP contribution in [0.25, 0.3) is 0 Å². The van der Waals surface area contributed by atoms with E-state index < -0.39 is 0 Å². The third-order valence-electron chi connectivity index (χ3n) is 2.63. The summed E-state index contributed by atoms with van der Waals surface area (Å²) in [6.45, 7) is 4.54. The second-order valence-electron chi connectivity index (χ2n) is 4.53. The molecule has 0 fully saturated rings. The maximum atomic E-state index is 9.26. The number of aliphatic hydroxyl groups is 1. The van der Waals surface area contributed by atoms with Crippen LogP contribution in [0.3, 0.4) is 0 Å². The average molecular weight is 298 g/mol. The van der Waals surface area contributed by atoms with Crippen LogP contribution in [0.4, 0.5) is 0 Å². The monoisotopic (exact) mass is 297 g/mol. The largest absolute Gasteiger partial charge is 0.487 e. The first kappa shape index (κ1) is 14.3. The third-order valence-corrected chi connectivity index (χ3v) is 4.06. The van der Waals surface area contributed by atoms with Gasteiger partial charge in [-0.05, 0) is 18.2 Å². The molecule has 0 atom stereocenters. The molecule has 0 bridgehead atoms. The molecule has 19 heavy (non-hydrogen) atoms. The first-order valence-corrected chi connectivity index (χ1v) is 7.32. The Labute approximate surface area is 121 Å². The molecular weight excluding hydrogens is 282 g/mol. The van der Waals surface area contributed by atoms with Crippen molar-refractivity contribution in [2.24, 2.45) is 0 Å². The van der Waals surface area contributed by atoms with Crippen LogP contribution in [0.2, 0.25) is 5.02 Å². The van der Waals surface area contributed by atoms with Gasteiger partial charge < -0.3 is 9.84 Å². The Kier molecular flexibility index (Phi) is 4.80. The summed E-state index contributed by atoms with van der Waals surface area (Å²) in [5.41, 5.74) is 1.60. The summed E-state index contributed by atoms with van der Waals surface area (Å²) >= 11 is 7.52. The molecule has 0 radical (unpaired) electrons. The van der Waals surface area contributed by atoms with E-state index in [9.17, 15) is 5.11 Å². The molecule has 0 spiro atoms. The second-order valence-corrected chi connectivity index (χ2v) is 5.86. The lowest BCUT2D eigenvalue weighted by atomic mass is 10.2. The SMILES string of the molecule is CC(C)c1nc(COc2ccc(Cl)cc2CO)cs1. The lowest BCUT2D eigenvalue weighted by Crippen LogP contribution is -1.99. The second kappa shape index (κ2) is 6.37. The molecule has 0 amide bonds. The number of hydrogen-bond donors (Lipinski definition) is 1. The number of benzene rings is 1. The summed E-state index contributed by atoms with van der Waals surface area (Å²) in [5, 5.41) is 13.0. The molecule has 0 aliphatic heterocycles. The highest BCUT2D eigenvalue weighted by Gasteiger charge is 2.08.